The van der Waals surface area contributed by atoms with Crippen molar-refractivity contribution in [1.29, 1.82) is 0 Å². The molecule has 0 radical (unpaired) electrons. The van der Waals surface area contributed by atoms with E-state index >= 15 is 0 Å². The number of halogens is 1. The van der Waals surface area contributed by atoms with Gasteiger partial charge in [-0.3, -0.25) is 4.79 Å². The van der Waals surface area contributed by atoms with E-state index in [0.29, 0.717) is 11.4 Å². The van der Waals surface area contributed by atoms with Crippen LogP contribution < -0.4 is 10.1 Å². The third-order valence-electron chi connectivity index (χ3n) is 2.89. The number of hydrogen-bond donors (Lipinski definition) is 2. The molecule has 120 valence electrons. The Kier molecular flexibility index (Phi) is 5.14. The molecule has 0 aromatic heterocycles. The van der Waals surface area contributed by atoms with E-state index in [-0.39, 0.29) is 11.3 Å². The third-order valence-corrected chi connectivity index (χ3v) is 2.89. The van der Waals surface area contributed by atoms with E-state index in [9.17, 15) is 19.1 Å². The zero-order valence-electron chi connectivity index (χ0n) is 12.2. The summed E-state index contributed by atoms with van der Waals surface area (Å²) in [5, 5.41) is 12.1. The first-order valence-electron chi connectivity index (χ1n) is 6.59. The summed E-state index contributed by atoms with van der Waals surface area (Å²) in [6, 6.07) is 9.20. The molecule has 0 fully saturated rings. The fourth-order valence-electron chi connectivity index (χ4n) is 1.74. The number of ether oxygens (including phenoxy) is 2. The summed E-state index contributed by atoms with van der Waals surface area (Å²) in [7, 11) is 1.41. The van der Waals surface area contributed by atoms with Crippen LogP contribution >= 0.6 is 0 Å². The molecule has 6 nitrogen and oxygen atoms in total. The van der Waals surface area contributed by atoms with Crippen molar-refractivity contribution in [2.24, 2.45) is 0 Å². The van der Waals surface area contributed by atoms with Gasteiger partial charge in [0.15, 0.2) is 6.61 Å². The number of hydrogen-bond acceptors (Lipinski definition) is 5. The van der Waals surface area contributed by atoms with Gasteiger partial charge in [-0.15, -0.1) is 0 Å². The zero-order chi connectivity index (χ0) is 16.8. The van der Waals surface area contributed by atoms with Crippen LogP contribution in [0.5, 0.6) is 11.5 Å². The standard InChI is InChI=1S/C16H14FNO5/c1-22-12-6-7-14(19)13(8-12)16(21)23-9-15(20)18-11-4-2-10(17)3-5-11/h2-8,19H,9H2,1H3,(H,18,20). The lowest BCUT2D eigenvalue weighted by molar-refractivity contribution is -0.119. The van der Waals surface area contributed by atoms with Crippen LogP contribution in [-0.4, -0.2) is 30.7 Å². The Morgan fingerprint density at radius 2 is 1.87 bits per heavy atom. The summed E-state index contributed by atoms with van der Waals surface area (Å²) in [5.41, 5.74) is 0.260. The van der Waals surface area contributed by atoms with Crippen molar-refractivity contribution < 1.29 is 28.6 Å². The van der Waals surface area contributed by atoms with Gasteiger partial charge in [-0.2, -0.15) is 0 Å². The number of benzene rings is 2. The molecule has 0 aliphatic rings. The number of nitrogens with one attached hydrogen (secondary N) is 1. The molecule has 7 heteroatoms. The van der Waals surface area contributed by atoms with Gasteiger partial charge >= 0.3 is 5.97 Å². The maximum absolute atomic E-state index is 12.7. The third kappa shape index (κ3) is 4.44. The molecule has 2 rings (SSSR count). The highest BCUT2D eigenvalue weighted by Crippen LogP contribution is 2.23. The van der Waals surface area contributed by atoms with Gasteiger partial charge < -0.3 is 19.9 Å². The Labute approximate surface area is 131 Å². The minimum atomic E-state index is -0.865. The molecule has 2 aromatic rings. The van der Waals surface area contributed by atoms with Gasteiger partial charge in [-0.05, 0) is 42.5 Å². The molecule has 0 atom stereocenters. The molecule has 0 aliphatic carbocycles. The molecule has 0 saturated heterocycles. The second-order valence-electron chi connectivity index (χ2n) is 4.51. The summed E-state index contributed by atoms with van der Waals surface area (Å²) in [6.07, 6.45) is 0. The summed E-state index contributed by atoms with van der Waals surface area (Å²) >= 11 is 0. The number of anilines is 1. The fraction of sp³-hybridized carbons (Fsp3) is 0.125. The van der Waals surface area contributed by atoms with E-state index in [0.717, 1.165) is 0 Å². The first-order chi connectivity index (χ1) is 11.0. The number of methoxy groups -OCH3 is 1. The predicted molar refractivity (Wildman–Crippen MR) is 80.0 cm³/mol. The molecule has 2 aromatic carbocycles. The van der Waals surface area contributed by atoms with Gasteiger partial charge in [-0.25, -0.2) is 9.18 Å². The molecule has 0 heterocycles. The monoisotopic (exact) mass is 319 g/mol. The second kappa shape index (κ2) is 7.26. The maximum atomic E-state index is 12.7. The Bertz CT molecular complexity index is 715. The van der Waals surface area contributed by atoms with Crippen molar-refractivity contribution in [3.8, 4) is 11.5 Å². The number of carbonyl (C=O) groups excluding carboxylic acids is 2. The highest BCUT2D eigenvalue weighted by atomic mass is 19.1. The second-order valence-corrected chi connectivity index (χ2v) is 4.51. The fourth-order valence-corrected chi connectivity index (χ4v) is 1.74. The molecular formula is C16H14FNO5. The normalized spacial score (nSPS) is 10.0. The lowest BCUT2D eigenvalue weighted by atomic mass is 10.2. The van der Waals surface area contributed by atoms with Crippen LogP contribution in [0.15, 0.2) is 42.5 Å². The van der Waals surface area contributed by atoms with E-state index in [4.69, 9.17) is 9.47 Å². The van der Waals surface area contributed by atoms with Crippen LogP contribution in [0.1, 0.15) is 10.4 Å². The molecule has 2 N–H and O–H groups in total. The first kappa shape index (κ1) is 16.3. The largest absolute Gasteiger partial charge is 0.507 e. The average Bonchev–Trinajstić information content (AvgIpc) is 2.55. The summed E-state index contributed by atoms with van der Waals surface area (Å²) < 4.78 is 22.5. The lowest BCUT2D eigenvalue weighted by Gasteiger charge is -2.08. The smallest absolute Gasteiger partial charge is 0.342 e. The zero-order valence-corrected chi connectivity index (χ0v) is 12.2. The number of amides is 1. The van der Waals surface area contributed by atoms with Gasteiger partial charge in [0.1, 0.15) is 22.9 Å². The number of esters is 1. The highest BCUT2D eigenvalue weighted by molar-refractivity contribution is 5.96. The molecule has 0 spiro atoms. The van der Waals surface area contributed by atoms with Crippen LogP contribution in [0, 0.1) is 5.82 Å². The summed E-state index contributed by atoms with van der Waals surface area (Å²) in [4.78, 5) is 23.5. The molecule has 1 amide bonds. The Morgan fingerprint density at radius 3 is 2.52 bits per heavy atom. The van der Waals surface area contributed by atoms with Gasteiger partial charge in [-0.1, -0.05) is 0 Å². The van der Waals surface area contributed by atoms with Crippen molar-refractivity contribution in [3.63, 3.8) is 0 Å². The van der Waals surface area contributed by atoms with Crippen molar-refractivity contribution in [2.45, 2.75) is 0 Å². The molecular weight excluding hydrogens is 305 g/mol. The highest BCUT2D eigenvalue weighted by Gasteiger charge is 2.15. The number of aromatic hydroxyl groups is 1. The predicted octanol–water partition coefficient (Wildman–Crippen LogP) is 2.34. The Hall–Kier alpha value is -3.09. The quantitative estimate of drug-likeness (QED) is 0.826. The van der Waals surface area contributed by atoms with Crippen LogP contribution in [-0.2, 0) is 9.53 Å². The van der Waals surface area contributed by atoms with Gasteiger partial charge in [0.05, 0.1) is 7.11 Å². The summed E-state index contributed by atoms with van der Waals surface area (Å²) in [5.74, 6) is -1.80. The SMILES string of the molecule is COc1ccc(O)c(C(=O)OCC(=O)Nc2ccc(F)cc2)c1. The Morgan fingerprint density at radius 1 is 1.17 bits per heavy atom. The van der Waals surface area contributed by atoms with Crippen molar-refractivity contribution >= 4 is 17.6 Å². The van der Waals surface area contributed by atoms with Gasteiger partial charge in [0, 0.05) is 5.69 Å². The van der Waals surface area contributed by atoms with Crippen LogP contribution in [0.25, 0.3) is 0 Å². The minimum Gasteiger partial charge on any atom is -0.507 e. The van der Waals surface area contributed by atoms with E-state index < -0.39 is 24.3 Å². The van der Waals surface area contributed by atoms with Crippen molar-refractivity contribution in [1.82, 2.24) is 0 Å². The summed E-state index contributed by atoms with van der Waals surface area (Å²) in [6.45, 7) is -0.549. The van der Waals surface area contributed by atoms with Gasteiger partial charge in [0.25, 0.3) is 5.91 Å². The number of rotatable bonds is 5. The Balaban J connectivity index is 1.93. The first-order valence-corrected chi connectivity index (χ1v) is 6.59. The maximum Gasteiger partial charge on any atom is 0.342 e. The molecule has 0 bridgehead atoms. The molecule has 0 unspecified atom stereocenters. The molecule has 0 saturated carbocycles. The van der Waals surface area contributed by atoms with E-state index in [1.807, 2.05) is 0 Å². The van der Waals surface area contributed by atoms with Crippen molar-refractivity contribution in [3.05, 3.63) is 53.8 Å². The van der Waals surface area contributed by atoms with Crippen LogP contribution in [0.4, 0.5) is 10.1 Å². The van der Waals surface area contributed by atoms with Crippen LogP contribution in [0.2, 0.25) is 0 Å². The number of phenolic OH excluding ortho intramolecular Hbond substituents is 1. The van der Waals surface area contributed by atoms with E-state index in [1.165, 1.54) is 49.6 Å². The number of carbonyl (C=O) groups is 2. The van der Waals surface area contributed by atoms with Crippen molar-refractivity contribution in [2.75, 3.05) is 19.0 Å². The lowest BCUT2D eigenvalue weighted by Crippen LogP contribution is -2.21. The average molecular weight is 319 g/mol. The topological polar surface area (TPSA) is 84.9 Å². The molecule has 0 aliphatic heterocycles. The van der Waals surface area contributed by atoms with E-state index in [2.05, 4.69) is 5.32 Å². The van der Waals surface area contributed by atoms with E-state index in [1.54, 1.807) is 0 Å². The minimum absolute atomic E-state index is 0.112. The molecule has 23 heavy (non-hydrogen) atoms. The van der Waals surface area contributed by atoms with Gasteiger partial charge in [0.2, 0.25) is 0 Å². The number of phenols is 1. The van der Waals surface area contributed by atoms with Crippen LogP contribution in [0.3, 0.4) is 0 Å².